The summed E-state index contributed by atoms with van der Waals surface area (Å²) in [7, 11) is 0. The molecule has 1 unspecified atom stereocenters. The molecule has 0 N–H and O–H groups in total. The lowest BCUT2D eigenvalue weighted by atomic mass is 10.1. The standard InChI is InChI=1S/C12H14F3N/c1-3-9(2)4-6-11-7-5-10(8-16-11)12(13,14)15/h4-9H,3H2,1-2H3/b6-4+. The van der Waals surface area contributed by atoms with Crippen molar-refractivity contribution in [1.82, 2.24) is 4.98 Å². The summed E-state index contributed by atoms with van der Waals surface area (Å²) in [5.41, 5.74) is -0.165. The highest BCUT2D eigenvalue weighted by Crippen LogP contribution is 2.28. The van der Waals surface area contributed by atoms with Gasteiger partial charge in [0.05, 0.1) is 11.3 Å². The topological polar surface area (TPSA) is 12.9 Å². The lowest BCUT2D eigenvalue weighted by Gasteiger charge is -2.05. The molecule has 0 saturated carbocycles. The predicted octanol–water partition coefficient (Wildman–Crippen LogP) is 4.16. The van der Waals surface area contributed by atoms with E-state index in [-0.39, 0.29) is 0 Å². The molecule has 16 heavy (non-hydrogen) atoms. The van der Waals surface area contributed by atoms with Crippen molar-refractivity contribution < 1.29 is 13.2 Å². The van der Waals surface area contributed by atoms with Gasteiger partial charge in [-0.05, 0) is 24.1 Å². The maximum atomic E-state index is 12.2. The van der Waals surface area contributed by atoms with E-state index in [2.05, 4.69) is 11.9 Å². The van der Waals surface area contributed by atoms with Gasteiger partial charge in [-0.25, -0.2) is 0 Å². The number of rotatable bonds is 3. The molecule has 0 spiro atoms. The minimum Gasteiger partial charge on any atom is -0.256 e. The maximum Gasteiger partial charge on any atom is 0.417 e. The van der Waals surface area contributed by atoms with Crippen molar-refractivity contribution >= 4 is 6.08 Å². The molecule has 0 aliphatic heterocycles. The molecular formula is C12H14F3N. The molecule has 1 rings (SSSR count). The van der Waals surface area contributed by atoms with Crippen LogP contribution in [0.1, 0.15) is 31.5 Å². The van der Waals surface area contributed by atoms with Crippen molar-refractivity contribution in [3.05, 3.63) is 35.7 Å². The molecule has 0 amide bonds. The van der Waals surface area contributed by atoms with Crippen molar-refractivity contribution in [1.29, 1.82) is 0 Å². The predicted molar refractivity (Wildman–Crippen MR) is 57.7 cm³/mol. The van der Waals surface area contributed by atoms with Gasteiger partial charge in [0.15, 0.2) is 0 Å². The summed E-state index contributed by atoms with van der Waals surface area (Å²) >= 11 is 0. The molecule has 1 atom stereocenters. The monoisotopic (exact) mass is 229 g/mol. The molecule has 1 aromatic rings. The molecule has 0 radical (unpaired) electrons. The van der Waals surface area contributed by atoms with Gasteiger partial charge in [-0.3, -0.25) is 4.98 Å². The Balaban J connectivity index is 2.76. The largest absolute Gasteiger partial charge is 0.417 e. The van der Waals surface area contributed by atoms with Crippen molar-refractivity contribution in [2.45, 2.75) is 26.4 Å². The van der Waals surface area contributed by atoms with Gasteiger partial charge in [-0.15, -0.1) is 0 Å². The fraction of sp³-hybridized carbons (Fsp3) is 0.417. The van der Waals surface area contributed by atoms with Gasteiger partial charge in [-0.1, -0.05) is 26.3 Å². The number of hydrogen-bond donors (Lipinski definition) is 0. The number of allylic oxidation sites excluding steroid dienone is 1. The number of hydrogen-bond acceptors (Lipinski definition) is 1. The third kappa shape index (κ3) is 3.68. The van der Waals surface area contributed by atoms with Crippen LogP contribution in [0.2, 0.25) is 0 Å². The quantitative estimate of drug-likeness (QED) is 0.758. The molecule has 0 bridgehead atoms. The summed E-state index contributed by atoms with van der Waals surface area (Å²) in [6, 6.07) is 2.42. The summed E-state index contributed by atoms with van der Waals surface area (Å²) in [5, 5.41) is 0. The maximum absolute atomic E-state index is 12.2. The van der Waals surface area contributed by atoms with Gasteiger partial charge in [0.25, 0.3) is 0 Å². The Labute approximate surface area is 93.0 Å². The molecule has 0 aliphatic rings. The summed E-state index contributed by atoms with van der Waals surface area (Å²) in [4.78, 5) is 3.74. The molecule has 0 aromatic carbocycles. The average molecular weight is 229 g/mol. The number of alkyl halides is 3. The van der Waals surface area contributed by atoms with E-state index in [1.165, 1.54) is 6.07 Å². The van der Waals surface area contributed by atoms with Gasteiger partial charge in [0.1, 0.15) is 0 Å². The SMILES string of the molecule is CCC(C)/C=C/c1ccc(C(F)(F)F)cn1. The Morgan fingerprint density at radius 3 is 2.50 bits per heavy atom. The summed E-state index contributed by atoms with van der Waals surface area (Å²) < 4.78 is 36.7. The zero-order valence-electron chi connectivity index (χ0n) is 9.25. The molecule has 0 aliphatic carbocycles. The van der Waals surface area contributed by atoms with E-state index >= 15 is 0 Å². The minimum absolute atomic E-state index is 0.407. The Bertz CT molecular complexity index is 352. The molecule has 0 fully saturated rings. The second kappa shape index (κ2) is 5.14. The Morgan fingerprint density at radius 2 is 2.06 bits per heavy atom. The van der Waals surface area contributed by atoms with Crippen molar-refractivity contribution in [2.75, 3.05) is 0 Å². The van der Waals surface area contributed by atoms with E-state index in [0.29, 0.717) is 11.6 Å². The van der Waals surface area contributed by atoms with Gasteiger partial charge < -0.3 is 0 Å². The Hall–Kier alpha value is -1.32. The normalized spacial score (nSPS) is 14.3. The van der Waals surface area contributed by atoms with E-state index in [1.54, 1.807) is 6.08 Å². The van der Waals surface area contributed by atoms with Crippen LogP contribution in [-0.4, -0.2) is 4.98 Å². The van der Waals surface area contributed by atoms with E-state index in [4.69, 9.17) is 0 Å². The van der Waals surface area contributed by atoms with Crippen molar-refractivity contribution in [3.63, 3.8) is 0 Å². The second-order valence-corrected chi connectivity index (χ2v) is 3.71. The zero-order valence-corrected chi connectivity index (χ0v) is 9.25. The van der Waals surface area contributed by atoms with Crippen LogP contribution in [0.3, 0.4) is 0 Å². The zero-order chi connectivity index (χ0) is 12.2. The number of halogens is 3. The fourth-order valence-electron chi connectivity index (χ4n) is 1.07. The van der Waals surface area contributed by atoms with Crippen LogP contribution in [0, 0.1) is 5.92 Å². The number of aromatic nitrogens is 1. The fourth-order valence-corrected chi connectivity index (χ4v) is 1.07. The molecule has 0 saturated heterocycles. The lowest BCUT2D eigenvalue weighted by Crippen LogP contribution is -2.05. The van der Waals surface area contributed by atoms with E-state index < -0.39 is 11.7 Å². The molecule has 1 heterocycles. The van der Waals surface area contributed by atoms with Crippen LogP contribution in [-0.2, 0) is 6.18 Å². The molecular weight excluding hydrogens is 215 g/mol. The second-order valence-electron chi connectivity index (χ2n) is 3.71. The smallest absolute Gasteiger partial charge is 0.256 e. The van der Waals surface area contributed by atoms with E-state index in [0.717, 1.165) is 18.7 Å². The summed E-state index contributed by atoms with van der Waals surface area (Å²) in [6.45, 7) is 4.09. The summed E-state index contributed by atoms with van der Waals surface area (Å²) in [6.07, 6.45) is 1.23. The van der Waals surface area contributed by atoms with Crippen LogP contribution < -0.4 is 0 Å². The van der Waals surface area contributed by atoms with Crippen LogP contribution in [0.15, 0.2) is 24.4 Å². The van der Waals surface area contributed by atoms with Gasteiger partial charge >= 0.3 is 6.18 Å². The molecule has 1 aromatic heterocycles. The van der Waals surface area contributed by atoms with Gasteiger partial charge in [0.2, 0.25) is 0 Å². The van der Waals surface area contributed by atoms with E-state index in [1.807, 2.05) is 13.0 Å². The highest BCUT2D eigenvalue weighted by molar-refractivity contribution is 5.44. The molecule has 88 valence electrons. The number of pyridine rings is 1. The minimum atomic E-state index is -4.31. The van der Waals surface area contributed by atoms with Gasteiger partial charge in [-0.2, -0.15) is 13.2 Å². The lowest BCUT2D eigenvalue weighted by molar-refractivity contribution is -0.137. The van der Waals surface area contributed by atoms with E-state index in [9.17, 15) is 13.2 Å². The van der Waals surface area contributed by atoms with Gasteiger partial charge in [0, 0.05) is 6.20 Å². The Kier molecular flexibility index (Phi) is 4.10. The van der Waals surface area contributed by atoms with Crippen molar-refractivity contribution in [3.8, 4) is 0 Å². The van der Waals surface area contributed by atoms with Crippen molar-refractivity contribution in [2.24, 2.45) is 5.92 Å². The number of nitrogens with zero attached hydrogens (tertiary/aromatic N) is 1. The van der Waals surface area contributed by atoms with Crippen LogP contribution in [0.25, 0.3) is 6.08 Å². The molecule has 4 heteroatoms. The first kappa shape index (κ1) is 12.7. The third-order valence-corrected chi connectivity index (χ3v) is 2.35. The highest BCUT2D eigenvalue weighted by Gasteiger charge is 2.30. The van der Waals surface area contributed by atoms with Crippen LogP contribution >= 0.6 is 0 Å². The average Bonchev–Trinajstić information content (AvgIpc) is 2.25. The first-order chi connectivity index (χ1) is 7.43. The van der Waals surface area contributed by atoms with Crippen LogP contribution in [0.4, 0.5) is 13.2 Å². The summed E-state index contributed by atoms with van der Waals surface area (Å²) in [5.74, 6) is 0.407. The van der Waals surface area contributed by atoms with Crippen LogP contribution in [0.5, 0.6) is 0 Å². The first-order valence-electron chi connectivity index (χ1n) is 5.15. The highest BCUT2D eigenvalue weighted by atomic mass is 19.4. The third-order valence-electron chi connectivity index (χ3n) is 2.35. The first-order valence-corrected chi connectivity index (χ1v) is 5.15. The Morgan fingerprint density at radius 1 is 1.38 bits per heavy atom. The molecule has 1 nitrogen and oxygen atoms in total.